The monoisotopic (exact) mass is 317 g/mol. The Labute approximate surface area is 133 Å². The largest absolute Gasteiger partial charge is 0.481 e. The van der Waals surface area contributed by atoms with E-state index in [0.717, 1.165) is 37.5 Å². The summed E-state index contributed by atoms with van der Waals surface area (Å²) in [6.07, 6.45) is 3.19. The lowest BCUT2D eigenvalue weighted by Crippen LogP contribution is -2.26. The molecule has 2 aromatic heterocycles. The van der Waals surface area contributed by atoms with Crippen molar-refractivity contribution in [2.45, 2.75) is 32.4 Å². The molecule has 1 amide bonds. The summed E-state index contributed by atoms with van der Waals surface area (Å²) in [5.41, 5.74) is 0.353. The second-order valence-electron chi connectivity index (χ2n) is 5.23. The van der Waals surface area contributed by atoms with Gasteiger partial charge in [-0.1, -0.05) is 0 Å². The minimum Gasteiger partial charge on any atom is -0.481 e. The lowest BCUT2D eigenvalue weighted by atomic mass is 10.2. The van der Waals surface area contributed by atoms with E-state index in [2.05, 4.69) is 25.1 Å². The van der Waals surface area contributed by atoms with E-state index in [1.54, 1.807) is 12.1 Å². The molecule has 1 aliphatic heterocycles. The molecule has 8 nitrogen and oxygen atoms in total. The van der Waals surface area contributed by atoms with Crippen molar-refractivity contribution in [2.75, 3.05) is 14.2 Å². The molecular weight excluding hydrogens is 298 g/mol. The molecule has 23 heavy (non-hydrogen) atoms. The number of carbonyl (C=O) groups excluding carboxylic acids is 1. The maximum atomic E-state index is 12.4. The van der Waals surface area contributed by atoms with Gasteiger partial charge in [-0.15, -0.1) is 10.2 Å². The molecule has 0 atom stereocenters. The number of aromatic nitrogens is 4. The van der Waals surface area contributed by atoms with Gasteiger partial charge < -0.3 is 19.4 Å². The van der Waals surface area contributed by atoms with Crippen molar-refractivity contribution in [1.82, 2.24) is 25.1 Å². The minimum absolute atomic E-state index is 0.227. The van der Waals surface area contributed by atoms with Gasteiger partial charge in [0.25, 0.3) is 5.91 Å². The van der Waals surface area contributed by atoms with Gasteiger partial charge in [0, 0.05) is 19.0 Å². The summed E-state index contributed by atoms with van der Waals surface area (Å²) in [4.78, 5) is 16.5. The van der Waals surface area contributed by atoms with Crippen molar-refractivity contribution in [3.05, 3.63) is 29.3 Å². The van der Waals surface area contributed by atoms with Crippen molar-refractivity contribution < 1.29 is 14.3 Å². The van der Waals surface area contributed by atoms with Crippen LogP contribution in [0, 0.1) is 0 Å². The maximum absolute atomic E-state index is 12.4. The van der Waals surface area contributed by atoms with E-state index in [4.69, 9.17) is 9.47 Å². The number of nitrogens with one attached hydrogen (secondary N) is 1. The second kappa shape index (κ2) is 6.64. The van der Waals surface area contributed by atoms with Gasteiger partial charge in [0.1, 0.15) is 11.4 Å². The zero-order chi connectivity index (χ0) is 16.2. The van der Waals surface area contributed by atoms with E-state index in [1.165, 1.54) is 14.2 Å². The van der Waals surface area contributed by atoms with Gasteiger partial charge in [0.2, 0.25) is 11.8 Å². The molecular formula is C15H19N5O3. The van der Waals surface area contributed by atoms with E-state index >= 15 is 0 Å². The molecule has 0 spiro atoms. The van der Waals surface area contributed by atoms with Crippen LogP contribution in [-0.2, 0) is 19.5 Å². The van der Waals surface area contributed by atoms with Gasteiger partial charge in [-0.05, 0) is 18.9 Å². The van der Waals surface area contributed by atoms with Crippen molar-refractivity contribution in [3.8, 4) is 11.8 Å². The van der Waals surface area contributed by atoms with Crippen LogP contribution < -0.4 is 14.8 Å². The number of rotatable bonds is 5. The topological polar surface area (TPSA) is 91.2 Å². The molecule has 1 aliphatic rings. The Balaban J connectivity index is 1.71. The summed E-state index contributed by atoms with van der Waals surface area (Å²) in [6.45, 7) is 1.22. The van der Waals surface area contributed by atoms with Gasteiger partial charge in [-0.25, -0.2) is 0 Å². The first-order chi connectivity index (χ1) is 11.2. The zero-order valence-corrected chi connectivity index (χ0v) is 13.2. The summed E-state index contributed by atoms with van der Waals surface area (Å²) in [5, 5.41) is 11.2. The van der Waals surface area contributed by atoms with Gasteiger partial charge in [0.05, 0.1) is 20.8 Å². The van der Waals surface area contributed by atoms with Crippen molar-refractivity contribution >= 4 is 5.91 Å². The molecule has 0 saturated heterocycles. The molecule has 3 rings (SSSR count). The molecule has 3 heterocycles. The molecule has 0 fully saturated rings. The molecule has 0 aliphatic carbocycles. The van der Waals surface area contributed by atoms with Crippen LogP contribution in [0.2, 0.25) is 0 Å². The lowest BCUT2D eigenvalue weighted by molar-refractivity contribution is 0.0945. The third-order valence-electron chi connectivity index (χ3n) is 3.83. The summed E-state index contributed by atoms with van der Waals surface area (Å²) >= 11 is 0. The molecule has 122 valence electrons. The molecule has 1 N–H and O–H groups in total. The third-order valence-corrected chi connectivity index (χ3v) is 3.83. The number of nitrogens with zero attached hydrogens (tertiary/aromatic N) is 4. The first kappa shape index (κ1) is 15.3. The SMILES string of the molecule is COc1ccc(C(=O)NCc2nnc3n2CCCC3)c(OC)n1. The Morgan fingerprint density at radius 1 is 1.26 bits per heavy atom. The number of aryl methyl sites for hydroxylation is 1. The van der Waals surface area contributed by atoms with Gasteiger partial charge in [-0.3, -0.25) is 4.79 Å². The van der Waals surface area contributed by atoms with Crippen LogP contribution in [0.1, 0.15) is 34.8 Å². The predicted molar refractivity (Wildman–Crippen MR) is 81.5 cm³/mol. The fourth-order valence-electron chi connectivity index (χ4n) is 2.62. The molecule has 0 bridgehead atoms. The van der Waals surface area contributed by atoms with E-state index in [-0.39, 0.29) is 11.8 Å². The Bertz CT molecular complexity index is 713. The number of pyridine rings is 1. The molecule has 0 unspecified atom stereocenters. The fraction of sp³-hybridized carbons (Fsp3) is 0.467. The Kier molecular flexibility index (Phi) is 4.40. The van der Waals surface area contributed by atoms with E-state index in [9.17, 15) is 4.79 Å². The lowest BCUT2D eigenvalue weighted by Gasteiger charge is -2.15. The Morgan fingerprint density at radius 2 is 2.13 bits per heavy atom. The number of methoxy groups -OCH3 is 2. The Morgan fingerprint density at radius 3 is 2.91 bits per heavy atom. The zero-order valence-electron chi connectivity index (χ0n) is 13.2. The van der Waals surface area contributed by atoms with Crippen molar-refractivity contribution in [3.63, 3.8) is 0 Å². The van der Waals surface area contributed by atoms with Crippen LogP contribution >= 0.6 is 0 Å². The fourth-order valence-corrected chi connectivity index (χ4v) is 2.62. The smallest absolute Gasteiger partial charge is 0.257 e. The van der Waals surface area contributed by atoms with Crippen LogP contribution in [0.5, 0.6) is 11.8 Å². The molecule has 0 radical (unpaired) electrons. The van der Waals surface area contributed by atoms with E-state index < -0.39 is 0 Å². The molecule has 8 heteroatoms. The maximum Gasteiger partial charge on any atom is 0.257 e. The number of amides is 1. The van der Waals surface area contributed by atoms with Crippen molar-refractivity contribution in [1.29, 1.82) is 0 Å². The predicted octanol–water partition coefficient (Wildman–Crippen LogP) is 0.957. The number of ether oxygens (including phenoxy) is 2. The number of carbonyl (C=O) groups is 1. The van der Waals surface area contributed by atoms with Gasteiger partial charge in [0.15, 0.2) is 5.82 Å². The van der Waals surface area contributed by atoms with E-state index in [0.29, 0.717) is 18.0 Å². The highest BCUT2D eigenvalue weighted by atomic mass is 16.5. The molecule has 0 aromatic carbocycles. The molecule has 0 saturated carbocycles. The highest BCUT2D eigenvalue weighted by Gasteiger charge is 2.18. The average molecular weight is 317 g/mol. The van der Waals surface area contributed by atoms with Crippen molar-refractivity contribution in [2.24, 2.45) is 0 Å². The van der Waals surface area contributed by atoms with Gasteiger partial charge >= 0.3 is 0 Å². The first-order valence-electron chi connectivity index (χ1n) is 7.51. The van der Waals surface area contributed by atoms with Crippen LogP contribution in [0.3, 0.4) is 0 Å². The quantitative estimate of drug-likeness (QED) is 0.883. The van der Waals surface area contributed by atoms with Crippen LogP contribution in [0.4, 0.5) is 0 Å². The standard InChI is InChI=1S/C15H19N5O3/c1-22-13-7-6-10(15(17-13)23-2)14(21)16-9-12-19-18-11-5-3-4-8-20(11)12/h6-7H,3-5,8-9H2,1-2H3,(H,16,21). The van der Waals surface area contributed by atoms with Crippen LogP contribution in [0.15, 0.2) is 12.1 Å². The summed E-state index contributed by atoms with van der Waals surface area (Å²) < 4.78 is 12.3. The summed E-state index contributed by atoms with van der Waals surface area (Å²) in [6, 6.07) is 3.25. The highest BCUT2D eigenvalue weighted by Crippen LogP contribution is 2.20. The highest BCUT2D eigenvalue weighted by molar-refractivity contribution is 5.96. The summed E-state index contributed by atoms with van der Waals surface area (Å²) in [7, 11) is 2.98. The van der Waals surface area contributed by atoms with Crippen LogP contribution in [0.25, 0.3) is 0 Å². The Hall–Kier alpha value is -2.64. The minimum atomic E-state index is -0.273. The molecule has 2 aromatic rings. The number of fused-ring (bicyclic) bond motifs is 1. The second-order valence-corrected chi connectivity index (χ2v) is 5.23. The summed E-state index contributed by atoms with van der Waals surface area (Å²) in [5.74, 6) is 2.11. The van der Waals surface area contributed by atoms with Gasteiger partial charge in [-0.2, -0.15) is 4.98 Å². The van der Waals surface area contributed by atoms with E-state index in [1.807, 2.05) is 0 Å². The van der Waals surface area contributed by atoms with Crippen LogP contribution in [-0.4, -0.2) is 39.9 Å². The number of hydrogen-bond acceptors (Lipinski definition) is 6. The first-order valence-corrected chi connectivity index (χ1v) is 7.51. The third kappa shape index (κ3) is 3.10. The number of hydrogen-bond donors (Lipinski definition) is 1. The average Bonchev–Trinajstić information content (AvgIpc) is 3.02. The normalized spacial score (nSPS) is 13.3.